The standard InChI is InChI=1S/C10H22O2/c1-5-8(3)10(6-2)12-7-9(4)11/h8-11H,5-7H2,1-4H3. The Morgan fingerprint density at radius 1 is 1.17 bits per heavy atom. The van der Waals surface area contributed by atoms with E-state index >= 15 is 0 Å². The van der Waals surface area contributed by atoms with Gasteiger partial charge < -0.3 is 9.84 Å². The van der Waals surface area contributed by atoms with E-state index in [2.05, 4.69) is 20.8 Å². The third-order valence-corrected chi connectivity index (χ3v) is 2.23. The zero-order chi connectivity index (χ0) is 9.56. The van der Waals surface area contributed by atoms with E-state index in [9.17, 15) is 0 Å². The molecule has 0 fully saturated rings. The van der Waals surface area contributed by atoms with Crippen molar-refractivity contribution in [2.75, 3.05) is 6.61 Å². The van der Waals surface area contributed by atoms with Crippen molar-refractivity contribution in [3.63, 3.8) is 0 Å². The summed E-state index contributed by atoms with van der Waals surface area (Å²) in [5.41, 5.74) is 0. The summed E-state index contributed by atoms with van der Waals surface area (Å²) in [5.74, 6) is 0.591. The van der Waals surface area contributed by atoms with E-state index in [0.717, 1.165) is 12.8 Å². The molecule has 0 saturated heterocycles. The van der Waals surface area contributed by atoms with Gasteiger partial charge in [-0.15, -0.1) is 0 Å². The van der Waals surface area contributed by atoms with Gasteiger partial charge in [0.1, 0.15) is 0 Å². The van der Waals surface area contributed by atoms with Crippen LogP contribution in [0.5, 0.6) is 0 Å². The van der Waals surface area contributed by atoms with Gasteiger partial charge >= 0.3 is 0 Å². The highest BCUT2D eigenvalue weighted by molar-refractivity contribution is 4.63. The molecule has 3 unspecified atom stereocenters. The predicted octanol–water partition coefficient (Wildman–Crippen LogP) is 2.21. The molecule has 0 aliphatic rings. The van der Waals surface area contributed by atoms with Crippen LogP contribution in [0.1, 0.15) is 40.5 Å². The highest BCUT2D eigenvalue weighted by Crippen LogP contribution is 2.14. The first-order chi connectivity index (χ1) is 5.61. The van der Waals surface area contributed by atoms with Crippen molar-refractivity contribution in [1.29, 1.82) is 0 Å². The van der Waals surface area contributed by atoms with Gasteiger partial charge in [-0.25, -0.2) is 0 Å². The molecule has 0 spiro atoms. The van der Waals surface area contributed by atoms with Gasteiger partial charge in [-0.1, -0.05) is 27.2 Å². The van der Waals surface area contributed by atoms with Crippen LogP contribution in [0.2, 0.25) is 0 Å². The topological polar surface area (TPSA) is 29.5 Å². The van der Waals surface area contributed by atoms with E-state index in [1.807, 2.05) is 0 Å². The molecule has 0 amide bonds. The average molecular weight is 174 g/mol. The van der Waals surface area contributed by atoms with E-state index in [0.29, 0.717) is 18.6 Å². The Kier molecular flexibility index (Phi) is 6.39. The van der Waals surface area contributed by atoms with Crippen LogP contribution >= 0.6 is 0 Å². The molecule has 0 aliphatic heterocycles. The van der Waals surface area contributed by atoms with E-state index < -0.39 is 0 Å². The maximum absolute atomic E-state index is 9.03. The summed E-state index contributed by atoms with van der Waals surface area (Å²) in [7, 11) is 0. The van der Waals surface area contributed by atoms with Crippen molar-refractivity contribution >= 4 is 0 Å². The summed E-state index contributed by atoms with van der Waals surface area (Å²) in [5, 5.41) is 9.03. The number of aliphatic hydroxyl groups excluding tert-OH is 1. The van der Waals surface area contributed by atoms with Crippen LogP contribution < -0.4 is 0 Å². The van der Waals surface area contributed by atoms with Gasteiger partial charge in [0.15, 0.2) is 0 Å². The third kappa shape index (κ3) is 4.73. The Balaban J connectivity index is 3.67. The molecule has 12 heavy (non-hydrogen) atoms. The molecule has 2 heteroatoms. The SMILES string of the molecule is CCC(C)C(CC)OCC(C)O. The molecular weight excluding hydrogens is 152 g/mol. The van der Waals surface area contributed by atoms with Crippen molar-refractivity contribution < 1.29 is 9.84 Å². The molecule has 0 saturated carbocycles. The van der Waals surface area contributed by atoms with E-state index in [1.165, 1.54) is 0 Å². The zero-order valence-electron chi connectivity index (χ0n) is 8.71. The number of ether oxygens (including phenoxy) is 1. The first-order valence-corrected chi connectivity index (χ1v) is 4.91. The molecule has 0 radical (unpaired) electrons. The van der Waals surface area contributed by atoms with Crippen molar-refractivity contribution in [2.24, 2.45) is 5.92 Å². The molecule has 0 aromatic heterocycles. The molecule has 2 nitrogen and oxygen atoms in total. The van der Waals surface area contributed by atoms with E-state index in [4.69, 9.17) is 9.84 Å². The van der Waals surface area contributed by atoms with Crippen LogP contribution in [0.4, 0.5) is 0 Å². The molecule has 0 heterocycles. The number of aliphatic hydroxyl groups is 1. The fraction of sp³-hybridized carbons (Fsp3) is 1.00. The molecule has 0 aliphatic carbocycles. The second-order valence-corrected chi connectivity index (χ2v) is 3.51. The minimum Gasteiger partial charge on any atom is -0.391 e. The first-order valence-electron chi connectivity index (χ1n) is 4.91. The van der Waals surface area contributed by atoms with Gasteiger partial charge in [0.05, 0.1) is 18.8 Å². The number of hydrogen-bond donors (Lipinski definition) is 1. The fourth-order valence-corrected chi connectivity index (χ4v) is 1.21. The maximum Gasteiger partial charge on any atom is 0.0745 e. The fourth-order valence-electron chi connectivity index (χ4n) is 1.21. The van der Waals surface area contributed by atoms with Gasteiger partial charge in [-0.2, -0.15) is 0 Å². The van der Waals surface area contributed by atoms with Crippen LogP contribution in [0.15, 0.2) is 0 Å². The van der Waals surface area contributed by atoms with Crippen molar-refractivity contribution in [1.82, 2.24) is 0 Å². The molecular formula is C10H22O2. The Morgan fingerprint density at radius 3 is 2.08 bits per heavy atom. The Bertz CT molecular complexity index is 102. The molecule has 0 rings (SSSR count). The Hall–Kier alpha value is -0.0800. The van der Waals surface area contributed by atoms with Crippen molar-refractivity contribution in [2.45, 2.75) is 52.7 Å². The number of hydrogen-bond acceptors (Lipinski definition) is 2. The van der Waals surface area contributed by atoms with Gasteiger partial charge in [0, 0.05) is 0 Å². The second kappa shape index (κ2) is 6.44. The summed E-state index contributed by atoms with van der Waals surface area (Å²) in [6.45, 7) is 8.69. The molecule has 0 aromatic rings. The summed E-state index contributed by atoms with van der Waals surface area (Å²) in [4.78, 5) is 0. The van der Waals surface area contributed by atoms with Crippen LogP contribution in [0.25, 0.3) is 0 Å². The van der Waals surface area contributed by atoms with Gasteiger partial charge in [0.2, 0.25) is 0 Å². The monoisotopic (exact) mass is 174 g/mol. The van der Waals surface area contributed by atoms with Gasteiger partial charge in [0.25, 0.3) is 0 Å². The lowest BCUT2D eigenvalue weighted by molar-refractivity contribution is -0.0284. The highest BCUT2D eigenvalue weighted by atomic mass is 16.5. The van der Waals surface area contributed by atoms with E-state index in [-0.39, 0.29) is 6.10 Å². The smallest absolute Gasteiger partial charge is 0.0745 e. The van der Waals surface area contributed by atoms with E-state index in [1.54, 1.807) is 6.92 Å². The number of rotatable bonds is 6. The minimum absolute atomic E-state index is 0.310. The minimum atomic E-state index is -0.344. The quantitative estimate of drug-likeness (QED) is 0.669. The zero-order valence-corrected chi connectivity index (χ0v) is 8.71. The summed E-state index contributed by atoms with van der Waals surface area (Å²) < 4.78 is 5.56. The van der Waals surface area contributed by atoms with Gasteiger partial charge in [-0.3, -0.25) is 0 Å². The summed E-state index contributed by atoms with van der Waals surface area (Å²) in [6, 6.07) is 0. The summed E-state index contributed by atoms with van der Waals surface area (Å²) >= 11 is 0. The Morgan fingerprint density at radius 2 is 1.75 bits per heavy atom. The molecule has 1 N–H and O–H groups in total. The lowest BCUT2D eigenvalue weighted by Crippen LogP contribution is -2.24. The Labute approximate surface area is 75.9 Å². The average Bonchev–Trinajstić information content (AvgIpc) is 2.04. The second-order valence-electron chi connectivity index (χ2n) is 3.51. The molecule has 0 bridgehead atoms. The van der Waals surface area contributed by atoms with Crippen LogP contribution in [0.3, 0.4) is 0 Å². The lowest BCUT2D eigenvalue weighted by atomic mass is 10.00. The van der Waals surface area contributed by atoms with Crippen molar-refractivity contribution in [3.05, 3.63) is 0 Å². The van der Waals surface area contributed by atoms with Crippen LogP contribution in [-0.4, -0.2) is 23.9 Å². The molecule has 0 aromatic carbocycles. The predicted molar refractivity (Wildman–Crippen MR) is 51.2 cm³/mol. The van der Waals surface area contributed by atoms with Crippen LogP contribution in [-0.2, 0) is 4.74 Å². The summed E-state index contributed by atoms with van der Waals surface area (Å²) in [6.07, 6.45) is 2.13. The first kappa shape index (κ1) is 11.9. The maximum atomic E-state index is 9.03. The molecule has 3 atom stereocenters. The molecule has 74 valence electrons. The van der Waals surface area contributed by atoms with Crippen molar-refractivity contribution in [3.8, 4) is 0 Å². The third-order valence-electron chi connectivity index (χ3n) is 2.23. The normalized spacial score (nSPS) is 18.8. The van der Waals surface area contributed by atoms with Gasteiger partial charge in [-0.05, 0) is 19.3 Å². The largest absolute Gasteiger partial charge is 0.391 e. The van der Waals surface area contributed by atoms with Crippen LogP contribution in [0, 0.1) is 5.92 Å². The highest BCUT2D eigenvalue weighted by Gasteiger charge is 2.14. The lowest BCUT2D eigenvalue weighted by Gasteiger charge is -2.22.